The lowest BCUT2D eigenvalue weighted by atomic mass is 10.4. The lowest BCUT2D eigenvalue weighted by Gasteiger charge is -2.32. The summed E-state index contributed by atoms with van der Waals surface area (Å²) in [6, 6.07) is 0. The predicted molar refractivity (Wildman–Crippen MR) is 69.2 cm³/mol. The summed E-state index contributed by atoms with van der Waals surface area (Å²) in [5.74, 6) is -0.454. The van der Waals surface area contributed by atoms with Gasteiger partial charge in [0.05, 0.1) is 0 Å². The molecule has 0 spiro atoms. The zero-order valence-electron chi connectivity index (χ0n) is 8.72. The Morgan fingerprint density at radius 1 is 1.29 bits per heavy atom. The first kappa shape index (κ1) is 12.7. The summed E-state index contributed by atoms with van der Waals surface area (Å²) in [6.45, 7) is 0. The second-order valence-electron chi connectivity index (χ2n) is 3.44. The van der Waals surface area contributed by atoms with Crippen LogP contribution in [-0.4, -0.2) is 27.2 Å². The Bertz CT molecular complexity index is 422. The van der Waals surface area contributed by atoms with E-state index in [0.717, 1.165) is 16.4 Å². The topological polar surface area (TPSA) is 57.7 Å². The lowest BCUT2D eigenvalue weighted by Crippen LogP contribution is -2.46. The van der Waals surface area contributed by atoms with Crippen molar-refractivity contribution in [2.45, 2.75) is 18.2 Å². The zero-order chi connectivity index (χ0) is 12.4. The number of hydrogen-bond acceptors (Lipinski definition) is 5. The minimum Gasteiger partial charge on any atom is -0.273 e. The van der Waals surface area contributed by atoms with E-state index >= 15 is 0 Å². The first-order chi connectivity index (χ1) is 8.09. The summed E-state index contributed by atoms with van der Waals surface area (Å²) >= 11 is 4.93. The number of thiol groups is 1. The van der Waals surface area contributed by atoms with E-state index in [4.69, 9.17) is 0 Å². The number of rotatable bonds is 3. The number of carbonyl (C=O) groups excluding carboxylic acids is 2. The molecule has 90 valence electrons. The molecule has 0 aromatic rings. The number of amides is 2. The summed E-state index contributed by atoms with van der Waals surface area (Å²) in [5.41, 5.74) is 0. The third-order valence-corrected chi connectivity index (χ3v) is 5.15. The number of imide groups is 1. The van der Waals surface area contributed by atoms with Crippen molar-refractivity contribution in [2.24, 2.45) is 0 Å². The van der Waals surface area contributed by atoms with Crippen molar-refractivity contribution in [2.75, 3.05) is 0 Å². The number of allylic oxidation sites excluding steroid dienone is 2. The van der Waals surface area contributed by atoms with Gasteiger partial charge in [-0.3, -0.25) is 14.6 Å². The van der Waals surface area contributed by atoms with Crippen molar-refractivity contribution in [1.29, 1.82) is 0 Å². The Hall–Kier alpha value is -0.780. The van der Waals surface area contributed by atoms with Gasteiger partial charge in [-0.1, -0.05) is 6.08 Å². The van der Waals surface area contributed by atoms with Gasteiger partial charge in [-0.05, 0) is 16.7 Å². The highest BCUT2D eigenvalue weighted by atomic mass is 33.1. The molecule has 0 radical (unpaired) electrons. The van der Waals surface area contributed by atoms with Gasteiger partial charge in [0, 0.05) is 19.0 Å². The molecule has 0 N–H and O–H groups in total. The van der Waals surface area contributed by atoms with Gasteiger partial charge in [-0.2, -0.15) is 5.01 Å². The highest BCUT2D eigenvalue weighted by molar-refractivity contribution is 8.79. The SMILES string of the molecule is O=C1CCC(=O)N1N1C=CC=CC1S[P+](=O)S. The van der Waals surface area contributed by atoms with Crippen molar-refractivity contribution < 1.29 is 14.2 Å². The molecule has 0 saturated carbocycles. The molecule has 2 atom stereocenters. The molecular formula is C9H10N2O3PS2+. The molecule has 2 unspecified atom stereocenters. The first-order valence-electron chi connectivity index (χ1n) is 4.91. The Morgan fingerprint density at radius 3 is 2.53 bits per heavy atom. The molecule has 2 amide bonds. The van der Waals surface area contributed by atoms with Gasteiger partial charge in [-0.25, -0.2) is 0 Å². The highest BCUT2D eigenvalue weighted by Crippen LogP contribution is 2.47. The molecule has 1 saturated heterocycles. The molecule has 2 heterocycles. The number of hydrogen-bond donors (Lipinski definition) is 1. The van der Waals surface area contributed by atoms with Gasteiger partial charge < -0.3 is 0 Å². The molecule has 8 heteroatoms. The van der Waals surface area contributed by atoms with Crippen LogP contribution in [0.5, 0.6) is 0 Å². The number of carbonyl (C=O) groups is 2. The van der Waals surface area contributed by atoms with E-state index in [1.165, 1.54) is 5.01 Å². The van der Waals surface area contributed by atoms with E-state index in [0.29, 0.717) is 0 Å². The van der Waals surface area contributed by atoms with Crippen molar-refractivity contribution in [3.05, 3.63) is 24.4 Å². The fraction of sp³-hybridized carbons (Fsp3) is 0.333. The Balaban J connectivity index is 2.20. The quantitative estimate of drug-likeness (QED) is 0.490. The average molecular weight is 289 g/mol. The van der Waals surface area contributed by atoms with E-state index in [2.05, 4.69) is 12.2 Å². The van der Waals surface area contributed by atoms with E-state index in [9.17, 15) is 14.2 Å². The molecule has 0 bridgehead atoms. The molecule has 0 aliphatic carbocycles. The minimum absolute atomic E-state index is 0.227. The van der Waals surface area contributed by atoms with Gasteiger partial charge >= 0.3 is 6.20 Å². The molecule has 0 aromatic carbocycles. The van der Waals surface area contributed by atoms with Gasteiger partial charge in [0.25, 0.3) is 0 Å². The van der Waals surface area contributed by atoms with Crippen LogP contribution in [0.25, 0.3) is 0 Å². The molecular weight excluding hydrogens is 279 g/mol. The average Bonchev–Trinajstić information content (AvgIpc) is 2.59. The van der Waals surface area contributed by atoms with Crippen molar-refractivity contribution in [3.8, 4) is 0 Å². The van der Waals surface area contributed by atoms with Crippen LogP contribution in [0.1, 0.15) is 12.8 Å². The van der Waals surface area contributed by atoms with Gasteiger partial charge in [0.2, 0.25) is 11.8 Å². The standard InChI is InChI=1S/C9H9N2O3PS2/c12-7-4-5-8(13)11(7)10-6-2-1-3-9(10)17-15(14)16/h1-3,6,9H,4-5H2/p+1. The third kappa shape index (κ3) is 2.73. The van der Waals surface area contributed by atoms with Crippen LogP contribution >= 0.6 is 29.8 Å². The Morgan fingerprint density at radius 2 is 1.94 bits per heavy atom. The summed E-state index contributed by atoms with van der Waals surface area (Å²) in [6.07, 6.45) is 5.67. The van der Waals surface area contributed by atoms with E-state index in [1.807, 2.05) is 0 Å². The van der Waals surface area contributed by atoms with Gasteiger partial charge in [0.1, 0.15) is 12.2 Å². The van der Waals surface area contributed by atoms with Crippen molar-refractivity contribution in [1.82, 2.24) is 10.0 Å². The Kier molecular flexibility index (Phi) is 3.91. The first-order valence-corrected chi connectivity index (χ1v) is 8.81. The second-order valence-corrected chi connectivity index (χ2v) is 8.14. The maximum atomic E-state index is 11.6. The highest BCUT2D eigenvalue weighted by Gasteiger charge is 2.38. The predicted octanol–water partition coefficient (Wildman–Crippen LogP) is 2.08. The molecule has 2 aliphatic heterocycles. The molecule has 0 aromatic heterocycles. The fourth-order valence-electron chi connectivity index (χ4n) is 1.65. The van der Waals surface area contributed by atoms with Gasteiger partial charge in [0.15, 0.2) is 16.8 Å². The van der Waals surface area contributed by atoms with Crippen molar-refractivity contribution >= 4 is 41.6 Å². The van der Waals surface area contributed by atoms with Crippen molar-refractivity contribution in [3.63, 3.8) is 0 Å². The smallest absolute Gasteiger partial charge is 0.273 e. The maximum absolute atomic E-state index is 11.6. The molecule has 17 heavy (non-hydrogen) atoms. The summed E-state index contributed by atoms with van der Waals surface area (Å²) in [5, 5.41) is 2.28. The second kappa shape index (κ2) is 5.25. The van der Waals surface area contributed by atoms with E-state index < -0.39 is 6.20 Å². The summed E-state index contributed by atoms with van der Waals surface area (Å²) in [7, 11) is 0. The molecule has 2 aliphatic rings. The summed E-state index contributed by atoms with van der Waals surface area (Å²) in [4.78, 5) is 23.2. The maximum Gasteiger partial charge on any atom is 0.483 e. The van der Waals surface area contributed by atoms with Crippen LogP contribution < -0.4 is 0 Å². The van der Waals surface area contributed by atoms with Gasteiger partial charge in [-0.15, -0.1) is 0 Å². The van der Waals surface area contributed by atoms with Crippen LogP contribution in [-0.2, 0) is 14.2 Å². The molecule has 5 nitrogen and oxygen atoms in total. The lowest BCUT2D eigenvalue weighted by molar-refractivity contribution is -0.152. The molecule has 1 fully saturated rings. The summed E-state index contributed by atoms with van der Waals surface area (Å²) < 4.78 is 11.1. The number of nitrogens with zero attached hydrogens (tertiary/aromatic N) is 2. The Labute approximate surface area is 109 Å². The van der Waals surface area contributed by atoms with Crippen LogP contribution in [0, 0.1) is 0 Å². The zero-order valence-corrected chi connectivity index (χ0v) is 11.3. The normalized spacial score (nSPS) is 24.8. The third-order valence-electron chi connectivity index (χ3n) is 2.34. The van der Waals surface area contributed by atoms with E-state index in [1.54, 1.807) is 24.4 Å². The van der Waals surface area contributed by atoms with Crippen LogP contribution in [0.3, 0.4) is 0 Å². The monoisotopic (exact) mass is 289 g/mol. The van der Waals surface area contributed by atoms with E-state index in [-0.39, 0.29) is 30.0 Å². The van der Waals surface area contributed by atoms with Crippen LogP contribution in [0.2, 0.25) is 0 Å². The van der Waals surface area contributed by atoms with Crippen LogP contribution in [0.4, 0.5) is 0 Å². The fourth-order valence-corrected chi connectivity index (χ4v) is 4.18. The number of hydrazine groups is 1. The molecule has 2 rings (SSSR count). The largest absolute Gasteiger partial charge is 0.483 e. The van der Waals surface area contributed by atoms with Crippen LogP contribution in [0.15, 0.2) is 24.4 Å². The minimum atomic E-state index is -1.71.